The Labute approximate surface area is 130 Å². The Bertz CT molecular complexity index is 725. The maximum atomic E-state index is 12.2. The molecule has 0 fully saturated rings. The second-order valence-corrected chi connectivity index (χ2v) is 5.28. The quantitative estimate of drug-likeness (QED) is 0.753. The number of benzene rings is 2. The van der Waals surface area contributed by atoms with Crippen LogP contribution in [0.1, 0.15) is 30.9 Å². The fraction of sp³-hybridized carbons (Fsp3) is 0.150. The number of carbonyl (C=O) groups excluding carboxylic acids is 1. The predicted octanol–water partition coefficient (Wildman–Crippen LogP) is 4.84. The van der Waals surface area contributed by atoms with Gasteiger partial charge in [0.2, 0.25) is 0 Å². The van der Waals surface area contributed by atoms with E-state index in [1.165, 1.54) is 0 Å². The molecule has 0 radical (unpaired) electrons. The average Bonchev–Trinajstić information content (AvgIpc) is 2.85. The van der Waals surface area contributed by atoms with Gasteiger partial charge in [0.25, 0.3) is 0 Å². The van der Waals surface area contributed by atoms with E-state index in [1.807, 2.05) is 66.7 Å². The lowest BCUT2D eigenvalue weighted by Gasteiger charge is -2.06. The van der Waals surface area contributed by atoms with Gasteiger partial charge in [0, 0.05) is 11.1 Å². The molecule has 0 saturated carbocycles. The first-order valence-electron chi connectivity index (χ1n) is 7.57. The van der Waals surface area contributed by atoms with Crippen molar-refractivity contribution in [1.82, 2.24) is 0 Å². The van der Waals surface area contributed by atoms with E-state index in [9.17, 15) is 4.79 Å². The summed E-state index contributed by atoms with van der Waals surface area (Å²) in [6.07, 6.45) is 3.58. The van der Waals surface area contributed by atoms with Crippen molar-refractivity contribution < 1.29 is 9.53 Å². The molecule has 110 valence electrons. The summed E-state index contributed by atoms with van der Waals surface area (Å²) in [5.74, 6) is 0.425. The van der Waals surface area contributed by atoms with Gasteiger partial charge in [-0.1, -0.05) is 74.0 Å². The molecule has 0 aromatic heterocycles. The molecule has 0 bridgehead atoms. The molecular weight excluding hydrogens is 272 g/mol. The summed E-state index contributed by atoms with van der Waals surface area (Å²) >= 11 is 0. The van der Waals surface area contributed by atoms with Gasteiger partial charge >= 0.3 is 5.97 Å². The molecule has 0 spiro atoms. The van der Waals surface area contributed by atoms with Crippen LogP contribution in [0.5, 0.6) is 0 Å². The van der Waals surface area contributed by atoms with Crippen LogP contribution in [0.15, 0.2) is 72.0 Å². The number of esters is 1. The second kappa shape index (κ2) is 6.44. The zero-order valence-corrected chi connectivity index (χ0v) is 12.6. The van der Waals surface area contributed by atoms with E-state index in [4.69, 9.17) is 4.74 Å². The van der Waals surface area contributed by atoms with Crippen LogP contribution in [0.25, 0.3) is 11.6 Å². The molecule has 22 heavy (non-hydrogen) atoms. The average molecular weight is 290 g/mol. The SMILES string of the molecule is CCCC1=C(c2ccccc2)/C(=C/c2ccccc2)OC1=O. The number of carbonyl (C=O) groups is 1. The van der Waals surface area contributed by atoms with Crippen LogP contribution in [0.4, 0.5) is 0 Å². The van der Waals surface area contributed by atoms with Gasteiger partial charge in [0.15, 0.2) is 0 Å². The molecular formula is C20H18O2. The Hall–Kier alpha value is -2.61. The maximum absolute atomic E-state index is 12.2. The first kappa shape index (κ1) is 14.3. The summed E-state index contributed by atoms with van der Waals surface area (Å²) in [6, 6.07) is 19.9. The monoisotopic (exact) mass is 290 g/mol. The molecule has 2 heteroatoms. The van der Waals surface area contributed by atoms with Crippen molar-refractivity contribution in [2.45, 2.75) is 19.8 Å². The van der Waals surface area contributed by atoms with E-state index in [0.29, 0.717) is 5.76 Å². The minimum atomic E-state index is -0.220. The lowest BCUT2D eigenvalue weighted by atomic mass is 9.96. The highest BCUT2D eigenvalue weighted by atomic mass is 16.5. The maximum Gasteiger partial charge on any atom is 0.340 e. The smallest absolute Gasteiger partial charge is 0.340 e. The molecule has 0 N–H and O–H groups in total. The Morgan fingerprint density at radius 2 is 1.59 bits per heavy atom. The van der Waals surface area contributed by atoms with Crippen LogP contribution < -0.4 is 0 Å². The van der Waals surface area contributed by atoms with Gasteiger partial charge in [-0.2, -0.15) is 0 Å². The van der Waals surface area contributed by atoms with Crippen LogP contribution in [-0.2, 0) is 9.53 Å². The number of cyclic esters (lactones) is 1. The summed E-state index contributed by atoms with van der Waals surface area (Å²) in [6.45, 7) is 2.07. The lowest BCUT2D eigenvalue weighted by Crippen LogP contribution is -1.98. The predicted molar refractivity (Wildman–Crippen MR) is 88.8 cm³/mol. The van der Waals surface area contributed by atoms with Crippen molar-refractivity contribution in [2.75, 3.05) is 0 Å². The number of hydrogen-bond donors (Lipinski definition) is 0. The largest absolute Gasteiger partial charge is 0.422 e. The fourth-order valence-corrected chi connectivity index (χ4v) is 2.66. The van der Waals surface area contributed by atoms with Crippen molar-refractivity contribution in [3.05, 3.63) is 83.1 Å². The summed E-state index contributed by atoms with van der Waals surface area (Å²) < 4.78 is 5.55. The summed E-state index contributed by atoms with van der Waals surface area (Å²) in [5, 5.41) is 0. The zero-order valence-electron chi connectivity index (χ0n) is 12.6. The molecule has 3 rings (SSSR count). The summed E-state index contributed by atoms with van der Waals surface area (Å²) in [7, 11) is 0. The van der Waals surface area contributed by atoms with Gasteiger partial charge < -0.3 is 4.74 Å². The molecule has 2 nitrogen and oxygen atoms in total. The highest BCUT2D eigenvalue weighted by Gasteiger charge is 2.29. The van der Waals surface area contributed by atoms with E-state index in [1.54, 1.807) is 0 Å². The van der Waals surface area contributed by atoms with E-state index in [-0.39, 0.29) is 5.97 Å². The Kier molecular flexibility index (Phi) is 4.19. The molecule has 0 aliphatic carbocycles. The van der Waals surface area contributed by atoms with Gasteiger partial charge in [-0.3, -0.25) is 0 Å². The van der Waals surface area contributed by atoms with Crippen LogP contribution >= 0.6 is 0 Å². The third-order valence-corrected chi connectivity index (χ3v) is 3.66. The minimum Gasteiger partial charge on any atom is -0.422 e. The van der Waals surface area contributed by atoms with E-state index >= 15 is 0 Å². The van der Waals surface area contributed by atoms with Crippen LogP contribution in [0, 0.1) is 0 Å². The standard InChI is InChI=1S/C20H18O2/c1-2-9-17-19(16-12-7-4-8-13-16)18(22-20(17)21)14-15-10-5-3-6-11-15/h3-8,10-14H,2,9H2,1H3/b18-14-. The highest BCUT2D eigenvalue weighted by molar-refractivity contribution is 6.08. The molecule has 0 amide bonds. The van der Waals surface area contributed by atoms with E-state index < -0.39 is 0 Å². The third kappa shape index (κ3) is 2.86. The van der Waals surface area contributed by atoms with Crippen molar-refractivity contribution in [3.8, 4) is 0 Å². The van der Waals surface area contributed by atoms with Crippen LogP contribution in [0.3, 0.4) is 0 Å². The topological polar surface area (TPSA) is 26.3 Å². The molecule has 0 saturated heterocycles. The summed E-state index contributed by atoms with van der Waals surface area (Å²) in [4.78, 5) is 12.2. The van der Waals surface area contributed by atoms with Gasteiger partial charge in [0.1, 0.15) is 5.76 Å². The van der Waals surface area contributed by atoms with Gasteiger partial charge in [0.05, 0.1) is 0 Å². The Morgan fingerprint density at radius 3 is 2.23 bits per heavy atom. The number of allylic oxidation sites excluding steroid dienone is 1. The molecule has 0 atom stereocenters. The summed E-state index contributed by atoms with van der Waals surface area (Å²) in [5.41, 5.74) is 3.75. The third-order valence-electron chi connectivity index (χ3n) is 3.66. The molecule has 2 aromatic carbocycles. The van der Waals surface area contributed by atoms with Crippen molar-refractivity contribution >= 4 is 17.6 Å². The van der Waals surface area contributed by atoms with Gasteiger partial charge in [-0.15, -0.1) is 0 Å². The molecule has 1 aliphatic rings. The number of ether oxygens (including phenoxy) is 1. The van der Waals surface area contributed by atoms with Crippen molar-refractivity contribution in [2.24, 2.45) is 0 Å². The van der Waals surface area contributed by atoms with Gasteiger partial charge in [-0.25, -0.2) is 4.79 Å². The Morgan fingerprint density at radius 1 is 0.955 bits per heavy atom. The van der Waals surface area contributed by atoms with Gasteiger partial charge in [-0.05, 0) is 23.6 Å². The van der Waals surface area contributed by atoms with Crippen LogP contribution in [0.2, 0.25) is 0 Å². The fourth-order valence-electron chi connectivity index (χ4n) is 2.66. The second-order valence-electron chi connectivity index (χ2n) is 5.28. The minimum absolute atomic E-state index is 0.220. The first-order valence-corrected chi connectivity index (χ1v) is 7.57. The normalized spacial score (nSPS) is 16.2. The molecule has 1 aliphatic heterocycles. The molecule has 0 unspecified atom stereocenters. The van der Waals surface area contributed by atoms with Crippen molar-refractivity contribution in [3.63, 3.8) is 0 Å². The van der Waals surface area contributed by atoms with Crippen molar-refractivity contribution in [1.29, 1.82) is 0 Å². The lowest BCUT2D eigenvalue weighted by molar-refractivity contribution is -0.133. The number of hydrogen-bond acceptors (Lipinski definition) is 2. The Balaban J connectivity index is 2.11. The zero-order chi connectivity index (χ0) is 15.4. The van der Waals surface area contributed by atoms with E-state index in [0.717, 1.165) is 35.1 Å². The first-order chi connectivity index (χ1) is 10.8. The van der Waals surface area contributed by atoms with E-state index in [2.05, 4.69) is 6.92 Å². The van der Waals surface area contributed by atoms with Crippen LogP contribution in [-0.4, -0.2) is 5.97 Å². The number of rotatable bonds is 4. The molecule has 2 aromatic rings. The molecule has 1 heterocycles. The highest BCUT2D eigenvalue weighted by Crippen LogP contribution is 2.37.